The monoisotopic (exact) mass is 279 g/mol. The van der Waals surface area contributed by atoms with Crippen molar-refractivity contribution in [1.82, 2.24) is 19.6 Å². The van der Waals surface area contributed by atoms with E-state index < -0.39 is 0 Å². The lowest BCUT2D eigenvalue weighted by atomic mass is 10.1. The fraction of sp³-hybridized carbons (Fsp3) is 0.312. The van der Waals surface area contributed by atoms with Gasteiger partial charge in [0.15, 0.2) is 0 Å². The van der Waals surface area contributed by atoms with Crippen molar-refractivity contribution in [3.05, 3.63) is 53.5 Å². The fourth-order valence-corrected chi connectivity index (χ4v) is 3.18. The SMILES string of the molecule is Cc1nc2ncnn2c2c1CCN2[C@H](C)c1ccccc1. The Morgan fingerprint density at radius 1 is 1.19 bits per heavy atom. The molecule has 1 aliphatic heterocycles. The maximum Gasteiger partial charge on any atom is 0.254 e. The van der Waals surface area contributed by atoms with E-state index in [1.165, 1.54) is 11.1 Å². The Labute approximate surface area is 123 Å². The summed E-state index contributed by atoms with van der Waals surface area (Å²) in [6, 6.07) is 10.9. The largest absolute Gasteiger partial charge is 0.349 e. The van der Waals surface area contributed by atoms with Gasteiger partial charge in [0.1, 0.15) is 12.1 Å². The molecule has 3 aromatic rings. The lowest BCUT2D eigenvalue weighted by Crippen LogP contribution is -2.26. The van der Waals surface area contributed by atoms with Gasteiger partial charge in [-0.3, -0.25) is 0 Å². The summed E-state index contributed by atoms with van der Waals surface area (Å²) in [6.07, 6.45) is 2.59. The third kappa shape index (κ3) is 1.81. The van der Waals surface area contributed by atoms with E-state index in [1.54, 1.807) is 6.33 Å². The lowest BCUT2D eigenvalue weighted by molar-refractivity contribution is 0.678. The topological polar surface area (TPSA) is 46.3 Å². The van der Waals surface area contributed by atoms with Crippen molar-refractivity contribution in [2.75, 3.05) is 11.4 Å². The van der Waals surface area contributed by atoms with Crippen molar-refractivity contribution in [3.8, 4) is 0 Å². The van der Waals surface area contributed by atoms with Crippen LogP contribution in [0.1, 0.15) is 29.8 Å². The van der Waals surface area contributed by atoms with Crippen molar-refractivity contribution >= 4 is 11.6 Å². The zero-order valence-electron chi connectivity index (χ0n) is 12.2. The molecule has 1 aromatic carbocycles. The first-order valence-corrected chi connectivity index (χ1v) is 7.26. The molecule has 2 aromatic heterocycles. The molecule has 1 aliphatic rings. The Hall–Kier alpha value is -2.43. The molecule has 5 heteroatoms. The third-order valence-electron chi connectivity index (χ3n) is 4.33. The number of nitrogens with zero attached hydrogens (tertiary/aromatic N) is 5. The second-order valence-electron chi connectivity index (χ2n) is 5.50. The van der Waals surface area contributed by atoms with Crippen LogP contribution in [-0.2, 0) is 6.42 Å². The molecular weight excluding hydrogens is 262 g/mol. The number of rotatable bonds is 2. The van der Waals surface area contributed by atoms with Crippen LogP contribution < -0.4 is 4.90 Å². The van der Waals surface area contributed by atoms with Gasteiger partial charge in [-0.1, -0.05) is 30.3 Å². The van der Waals surface area contributed by atoms with Crippen molar-refractivity contribution in [2.24, 2.45) is 0 Å². The third-order valence-corrected chi connectivity index (χ3v) is 4.33. The summed E-state index contributed by atoms with van der Waals surface area (Å²) in [6.45, 7) is 5.29. The normalized spacial score (nSPS) is 15.4. The predicted octanol–water partition coefficient (Wildman–Crippen LogP) is 2.56. The van der Waals surface area contributed by atoms with E-state index in [0.717, 1.165) is 24.5 Å². The van der Waals surface area contributed by atoms with Crippen molar-refractivity contribution < 1.29 is 0 Å². The minimum Gasteiger partial charge on any atom is -0.349 e. The van der Waals surface area contributed by atoms with E-state index in [-0.39, 0.29) is 0 Å². The van der Waals surface area contributed by atoms with E-state index >= 15 is 0 Å². The number of aryl methyl sites for hydroxylation is 1. The van der Waals surface area contributed by atoms with Gasteiger partial charge >= 0.3 is 0 Å². The summed E-state index contributed by atoms with van der Waals surface area (Å²) in [4.78, 5) is 11.2. The molecule has 0 saturated carbocycles. The number of anilines is 1. The summed E-state index contributed by atoms with van der Waals surface area (Å²) >= 11 is 0. The van der Waals surface area contributed by atoms with E-state index in [1.807, 2.05) is 4.52 Å². The second-order valence-corrected chi connectivity index (χ2v) is 5.50. The minimum absolute atomic E-state index is 0.307. The van der Waals surface area contributed by atoms with Gasteiger partial charge in [-0.05, 0) is 25.8 Å². The van der Waals surface area contributed by atoms with Crippen LogP contribution in [0.4, 0.5) is 5.82 Å². The van der Waals surface area contributed by atoms with Crippen LogP contribution in [-0.4, -0.2) is 26.1 Å². The number of fused-ring (bicyclic) bond motifs is 3. The maximum atomic E-state index is 4.54. The molecule has 0 fully saturated rings. The standard InChI is InChI=1S/C16H17N5/c1-11-14-8-9-20(12(2)13-6-4-3-5-7-13)15(14)21-16(19-11)17-10-18-21/h3-7,10,12H,8-9H2,1-2H3/t12-/m1/s1. The first-order valence-electron chi connectivity index (χ1n) is 7.26. The molecule has 0 bridgehead atoms. The Bertz CT molecular complexity index is 793. The highest BCUT2D eigenvalue weighted by molar-refractivity contribution is 5.59. The first kappa shape index (κ1) is 12.3. The molecule has 4 rings (SSSR count). The van der Waals surface area contributed by atoms with Crippen molar-refractivity contribution in [3.63, 3.8) is 0 Å². The summed E-state index contributed by atoms with van der Waals surface area (Å²) in [5.41, 5.74) is 3.66. The van der Waals surface area contributed by atoms with E-state index in [2.05, 4.69) is 64.1 Å². The molecule has 0 radical (unpaired) electrons. The molecule has 0 aliphatic carbocycles. The van der Waals surface area contributed by atoms with E-state index in [9.17, 15) is 0 Å². The molecule has 0 unspecified atom stereocenters. The second kappa shape index (κ2) is 4.55. The number of hydrogen-bond acceptors (Lipinski definition) is 4. The number of benzene rings is 1. The van der Waals surface area contributed by atoms with Crippen LogP contribution in [0.15, 0.2) is 36.7 Å². The quantitative estimate of drug-likeness (QED) is 0.723. The zero-order chi connectivity index (χ0) is 14.4. The van der Waals surface area contributed by atoms with Gasteiger partial charge in [-0.25, -0.2) is 4.98 Å². The Balaban J connectivity index is 1.86. The fourth-order valence-electron chi connectivity index (χ4n) is 3.18. The van der Waals surface area contributed by atoms with Gasteiger partial charge in [0, 0.05) is 17.8 Å². The average Bonchev–Trinajstić information content (AvgIpc) is 3.13. The summed E-state index contributed by atoms with van der Waals surface area (Å²) in [7, 11) is 0. The zero-order valence-corrected chi connectivity index (χ0v) is 12.2. The maximum absolute atomic E-state index is 4.54. The molecule has 0 N–H and O–H groups in total. The molecule has 1 atom stereocenters. The predicted molar refractivity (Wildman–Crippen MR) is 81.4 cm³/mol. The van der Waals surface area contributed by atoms with Crippen molar-refractivity contribution in [1.29, 1.82) is 0 Å². The van der Waals surface area contributed by atoms with Gasteiger partial charge < -0.3 is 4.90 Å². The number of hydrogen-bond donors (Lipinski definition) is 0. The van der Waals surface area contributed by atoms with Crippen LogP contribution in [0, 0.1) is 6.92 Å². The Kier molecular flexibility index (Phi) is 2.67. The van der Waals surface area contributed by atoms with Crippen LogP contribution >= 0.6 is 0 Å². The Morgan fingerprint density at radius 2 is 2.00 bits per heavy atom. The molecule has 5 nitrogen and oxygen atoms in total. The smallest absolute Gasteiger partial charge is 0.254 e. The summed E-state index contributed by atoms with van der Waals surface area (Å²) in [5.74, 6) is 1.82. The van der Waals surface area contributed by atoms with Gasteiger partial charge in [-0.2, -0.15) is 14.6 Å². The van der Waals surface area contributed by atoms with Crippen LogP contribution in [0.3, 0.4) is 0 Å². The lowest BCUT2D eigenvalue weighted by Gasteiger charge is -2.27. The minimum atomic E-state index is 0.307. The van der Waals surface area contributed by atoms with Crippen molar-refractivity contribution in [2.45, 2.75) is 26.3 Å². The van der Waals surface area contributed by atoms with Crippen LogP contribution in [0.2, 0.25) is 0 Å². The summed E-state index contributed by atoms with van der Waals surface area (Å²) in [5, 5.41) is 4.36. The molecule has 0 saturated heterocycles. The average molecular weight is 279 g/mol. The molecule has 0 amide bonds. The van der Waals surface area contributed by atoms with E-state index in [4.69, 9.17) is 0 Å². The molecule has 3 heterocycles. The highest BCUT2D eigenvalue weighted by atomic mass is 15.4. The van der Waals surface area contributed by atoms with Gasteiger partial charge in [0.2, 0.25) is 0 Å². The number of aromatic nitrogens is 4. The van der Waals surface area contributed by atoms with Gasteiger partial charge in [-0.15, -0.1) is 0 Å². The molecule has 0 spiro atoms. The van der Waals surface area contributed by atoms with Gasteiger partial charge in [0.05, 0.1) is 6.04 Å². The first-order chi connectivity index (χ1) is 10.3. The summed E-state index contributed by atoms with van der Waals surface area (Å²) < 4.78 is 1.87. The van der Waals surface area contributed by atoms with Gasteiger partial charge in [0.25, 0.3) is 5.78 Å². The molecule has 106 valence electrons. The Morgan fingerprint density at radius 3 is 2.81 bits per heavy atom. The highest BCUT2D eigenvalue weighted by Crippen LogP contribution is 2.35. The highest BCUT2D eigenvalue weighted by Gasteiger charge is 2.29. The molecule has 21 heavy (non-hydrogen) atoms. The van der Waals surface area contributed by atoms with E-state index in [0.29, 0.717) is 11.8 Å². The molecular formula is C16H17N5. The van der Waals surface area contributed by atoms with Crippen LogP contribution in [0.5, 0.6) is 0 Å². The van der Waals surface area contributed by atoms with Crippen LogP contribution in [0.25, 0.3) is 5.78 Å².